The molecule has 7 nitrogen and oxygen atoms in total. The number of fused-ring (bicyclic) bond motifs is 1. The second-order valence-corrected chi connectivity index (χ2v) is 7.06. The molecule has 3 rings (SSSR count). The van der Waals surface area contributed by atoms with Gasteiger partial charge in [-0.25, -0.2) is 0 Å². The second-order valence-electron chi connectivity index (χ2n) is 6.05. The fourth-order valence-electron chi connectivity index (χ4n) is 2.96. The minimum Gasteiger partial charge on any atom is -0.493 e. The molecular formula is C19H25IN4O3S. The third kappa shape index (κ3) is 5.28. The number of carbonyl (C=O) groups excluding carboxylic acids is 1. The molecule has 0 radical (unpaired) electrons. The van der Waals surface area contributed by atoms with Crippen molar-refractivity contribution in [2.75, 3.05) is 39.7 Å². The van der Waals surface area contributed by atoms with Gasteiger partial charge in [0.2, 0.25) is 5.91 Å². The largest absolute Gasteiger partial charge is 0.493 e. The molecule has 0 saturated carbocycles. The minimum absolute atomic E-state index is 0. The van der Waals surface area contributed by atoms with Crippen LogP contribution in [-0.2, 0) is 17.8 Å². The molecular weight excluding hydrogens is 491 g/mol. The van der Waals surface area contributed by atoms with Crippen molar-refractivity contribution in [2.45, 2.75) is 13.0 Å². The zero-order chi connectivity index (χ0) is 19.2. The summed E-state index contributed by atoms with van der Waals surface area (Å²) >= 11 is 1.77. The molecule has 0 saturated heterocycles. The third-order valence-electron chi connectivity index (χ3n) is 4.44. The second kappa shape index (κ2) is 10.5. The van der Waals surface area contributed by atoms with E-state index in [2.05, 4.69) is 27.1 Å². The normalized spacial score (nSPS) is 13.2. The highest BCUT2D eigenvalue weighted by Crippen LogP contribution is 2.29. The Morgan fingerprint density at radius 2 is 2.04 bits per heavy atom. The van der Waals surface area contributed by atoms with E-state index < -0.39 is 0 Å². The molecule has 1 aromatic heterocycles. The van der Waals surface area contributed by atoms with Crippen LogP contribution in [0.25, 0.3) is 0 Å². The van der Waals surface area contributed by atoms with Gasteiger partial charge in [0.15, 0.2) is 17.5 Å². The van der Waals surface area contributed by atoms with Crippen molar-refractivity contribution in [3.63, 3.8) is 0 Å². The monoisotopic (exact) mass is 516 g/mol. The van der Waals surface area contributed by atoms with Crippen molar-refractivity contribution < 1.29 is 14.3 Å². The molecule has 9 heteroatoms. The van der Waals surface area contributed by atoms with Gasteiger partial charge in [-0.1, -0.05) is 0 Å². The number of halogens is 1. The molecule has 0 atom stereocenters. The first-order valence-corrected chi connectivity index (χ1v) is 9.55. The molecule has 1 aliphatic rings. The first kappa shape index (κ1) is 22.3. The summed E-state index contributed by atoms with van der Waals surface area (Å²) in [5, 5.41) is 8.32. The number of thiophene rings is 1. The van der Waals surface area contributed by atoms with E-state index in [1.54, 1.807) is 32.6 Å². The van der Waals surface area contributed by atoms with Crippen molar-refractivity contribution in [3.8, 4) is 11.5 Å². The first-order chi connectivity index (χ1) is 13.1. The number of aliphatic imine (C=N–C) groups is 1. The lowest BCUT2D eigenvalue weighted by Crippen LogP contribution is -2.43. The van der Waals surface area contributed by atoms with E-state index >= 15 is 0 Å². The van der Waals surface area contributed by atoms with Crippen LogP contribution >= 0.6 is 35.3 Å². The zero-order valence-corrected chi connectivity index (χ0v) is 19.3. The lowest BCUT2D eigenvalue weighted by atomic mass is 10.1. The van der Waals surface area contributed by atoms with E-state index in [4.69, 9.17) is 9.47 Å². The summed E-state index contributed by atoms with van der Waals surface area (Å²) in [7, 11) is 4.85. The molecule has 2 N–H and O–H groups in total. The molecule has 2 aromatic rings. The number of amides is 1. The maximum Gasteiger partial charge on any atom is 0.242 e. The van der Waals surface area contributed by atoms with Crippen molar-refractivity contribution in [2.24, 2.45) is 4.99 Å². The molecule has 0 unspecified atom stereocenters. The van der Waals surface area contributed by atoms with Crippen LogP contribution in [0.5, 0.6) is 11.5 Å². The quantitative estimate of drug-likeness (QED) is 0.363. The molecule has 152 valence electrons. The highest BCUT2D eigenvalue weighted by molar-refractivity contribution is 14.0. The summed E-state index contributed by atoms with van der Waals surface area (Å²) in [6, 6.07) is 7.59. The standard InChI is InChI=1S/C19H24N4O3S.HI/c1-20-19(22-14-4-5-15(25-2)16(10-14)26-3)21-11-18(24)23-8-6-17-13(12-23)7-9-27-17;/h4-5,7,9-10H,6,8,11-12H2,1-3H3,(H2,20,21,22);1H. The topological polar surface area (TPSA) is 75.2 Å². The predicted molar refractivity (Wildman–Crippen MR) is 123 cm³/mol. The molecule has 1 aliphatic heterocycles. The van der Waals surface area contributed by atoms with Crippen molar-refractivity contribution in [3.05, 3.63) is 40.1 Å². The van der Waals surface area contributed by atoms with Gasteiger partial charge < -0.3 is 25.0 Å². The van der Waals surface area contributed by atoms with Gasteiger partial charge in [-0.2, -0.15) is 0 Å². The molecule has 0 spiro atoms. The van der Waals surface area contributed by atoms with Gasteiger partial charge in [0.25, 0.3) is 0 Å². The van der Waals surface area contributed by atoms with Gasteiger partial charge in [-0.05, 0) is 35.6 Å². The molecule has 1 amide bonds. The number of methoxy groups -OCH3 is 2. The number of hydrogen-bond acceptors (Lipinski definition) is 5. The molecule has 0 bridgehead atoms. The Morgan fingerprint density at radius 3 is 2.75 bits per heavy atom. The summed E-state index contributed by atoms with van der Waals surface area (Å²) in [4.78, 5) is 20.0. The van der Waals surface area contributed by atoms with E-state index in [0.717, 1.165) is 18.7 Å². The van der Waals surface area contributed by atoms with Crippen LogP contribution in [0.2, 0.25) is 0 Å². The van der Waals surface area contributed by atoms with Crippen molar-refractivity contribution in [1.29, 1.82) is 0 Å². The van der Waals surface area contributed by atoms with Gasteiger partial charge in [-0.15, -0.1) is 35.3 Å². The summed E-state index contributed by atoms with van der Waals surface area (Å²) in [5.41, 5.74) is 2.04. The van der Waals surface area contributed by atoms with Crippen LogP contribution in [0.4, 0.5) is 5.69 Å². The van der Waals surface area contributed by atoms with Crippen LogP contribution in [0.15, 0.2) is 34.6 Å². The fraction of sp³-hybridized carbons (Fsp3) is 0.368. The first-order valence-electron chi connectivity index (χ1n) is 8.67. The van der Waals surface area contributed by atoms with Gasteiger partial charge >= 0.3 is 0 Å². The van der Waals surface area contributed by atoms with E-state index in [1.807, 2.05) is 23.1 Å². The Hall–Kier alpha value is -2.01. The average molecular weight is 516 g/mol. The lowest BCUT2D eigenvalue weighted by Gasteiger charge is -2.27. The Kier molecular flexibility index (Phi) is 8.36. The highest BCUT2D eigenvalue weighted by atomic mass is 127. The lowest BCUT2D eigenvalue weighted by molar-refractivity contribution is -0.130. The van der Waals surface area contributed by atoms with E-state index in [0.29, 0.717) is 24.0 Å². The number of nitrogens with one attached hydrogen (secondary N) is 2. The number of carbonyl (C=O) groups is 1. The number of rotatable bonds is 5. The Morgan fingerprint density at radius 1 is 1.25 bits per heavy atom. The van der Waals surface area contributed by atoms with Crippen molar-refractivity contribution in [1.82, 2.24) is 10.2 Å². The van der Waals surface area contributed by atoms with Gasteiger partial charge in [0.05, 0.1) is 20.8 Å². The molecule has 2 heterocycles. The number of guanidine groups is 1. The van der Waals surface area contributed by atoms with Crippen LogP contribution < -0.4 is 20.1 Å². The maximum atomic E-state index is 12.5. The van der Waals surface area contributed by atoms with E-state index in [-0.39, 0.29) is 36.4 Å². The van der Waals surface area contributed by atoms with Crippen LogP contribution in [0.3, 0.4) is 0 Å². The smallest absolute Gasteiger partial charge is 0.242 e. The molecule has 0 fully saturated rings. The summed E-state index contributed by atoms with van der Waals surface area (Å²) in [5.74, 6) is 1.85. The summed E-state index contributed by atoms with van der Waals surface area (Å²) in [6.07, 6.45) is 0.928. The Balaban J connectivity index is 0.00000280. The average Bonchev–Trinajstić information content (AvgIpc) is 3.18. The highest BCUT2D eigenvalue weighted by Gasteiger charge is 2.21. The van der Waals surface area contributed by atoms with Crippen LogP contribution in [0, 0.1) is 0 Å². The van der Waals surface area contributed by atoms with E-state index in [1.165, 1.54) is 10.4 Å². The number of benzene rings is 1. The zero-order valence-electron chi connectivity index (χ0n) is 16.2. The van der Waals surface area contributed by atoms with Crippen LogP contribution in [-0.4, -0.2) is 51.1 Å². The Labute approximate surface area is 186 Å². The van der Waals surface area contributed by atoms with Crippen molar-refractivity contribution >= 4 is 52.9 Å². The Bertz CT molecular complexity index is 840. The summed E-state index contributed by atoms with van der Waals surface area (Å²) < 4.78 is 10.5. The summed E-state index contributed by atoms with van der Waals surface area (Å²) in [6.45, 7) is 1.63. The molecule has 28 heavy (non-hydrogen) atoms. The molecule has 1 aromatic carbocycles. The van der Waals surface area contributed by atoms with Gasteiger partial charge in [-0.3, -0.25) is 9.79 Å². The SMILES string of the molecule is CN=C(NCC(=O)N1CCc2sccc2C1)Nc1ccc(OC)c(OC)c1.I. The maximum absolute atomic E-state index is 12.5. The molecule has 0 aliphatic carbocycles. The number of hydrogen-bond donors (Lipinski definition) is 2. The third-order valence-corrected chi connectivity index (χ3v) is 5.46. The van der Waals surface area contributed by atoms with Gasteiger partial charge in [0.1, 0.15) is 0 Å². The number of ether oxygens (including phenoxy) is 2. The fourth-order valence-corrected chi connectivity index (χ4v) is 3.85. The number of anilines is 1. The predicted octanol–water partition coefficient (Wildman–Crippen LogP) is 2.96. The minimum atomic E-state index is 0. The van der Waals surface area contributed by atoms with Gasteiger partial charge in [0, 0.05) is 36.8 Å². The van der Waals surface area contributed by atoms with E-state index in [9.17, 15) is 4.79 Å². The number of nitrogens with zero attached hydrogens (tertiary/aromatic N) is 2. The van der Waals surface area contributed by atoms with Crippen LogP contribution in [0.1, 0.15) is 10.4 Å².